The molecule has 0 bridgehead atoms. The van der Waals surface area contributed by atoms with E-state index in [2.05, 4.69) is 5.32 Å². The summed E-state index contributed by atoms with van der Waals surface area (Å²) >= 11 is 0. The van der Waals surface area contributed by atoms with Crippen molar-refractivity contribution in [1.29, 1.82) is 0 Å². The second-order valence-corrected chi connectivity index (χ2v) is 5.39. The summed E-state index contributed by atoms with van der Waals surface area (Å²) in [6, 6.07) is 14.4. The summed E-state index contributed by atoms with van der Waals surface area (Å²) in [6.45, 7) is 1.63. The fourth-order valence-corrected chi connectivity index (χ4v) is 2.20. The first-order valence-corrected chi connectivity index (χ1v) is 7.53. The fourth-order valence-electron chi connectivity index (χ4n) is 2.20. The van der Waals surface area contributed by atoms with E-state index in [-0.39, 0.29) is 13.2 Å². The molecule has 0 saturated heterocycles. The number of benzene rings is 2. The minimum atomic E-state index is -0.882. The van der Waals surface area contributed by atoms with Gasteiger partial charge in [0, 0.05) is 5.69 Å². The smallest absolute Gasteiger partial charge is 0.351 e. The van der Waals surface area contributed by atoms with Crippen LogP contribution >= 0.6 is 0 Å². The van der Waals surface area contributed by atoms with Crippen LogP contribution in [0.25, 0.3) is 0 Å². The standard InChI is InChI=1S/C18H17NO5/c1-12-6-8-13(9-7-12)19-17(20)11-23-18(21)16-10-22-14-4-2-3-5-15(14)24-16/h2-9,16H,10-11H2,1H3,(H,19,20)/t16-/m1/s1. The van der Waals surface area contributed by atoms with Crippen LogP contribution in [0.3, 0.4) is 0 Å². The quantitative estimate of drug-likeness (QED) is 0.873. The van der Waals surface area contributed by atoms with Gasteiger partial charge < -0.3 is 19.5 Å². The Kier molecular flexibility index (Phi) is 4.65. The van der Waals surface area contributed by atoms with Crippen LogP contribution in [0.1, 0.15) is 5.56 Å². The molecule has 3 rings (SSSR count). The van der Waals surface area contributed by atoms with Crippen LogP contribution < -0.4 is 14.8 Å². The highest BCUT2D eigenvalue weighted by Gasteiger charge is 2.29. The number of nitrogens with one attached hydrogen (secondary N) is 1. The third-order valence-electron chi connectivity index (χ3n) is 3.45. The number of anilines is 1. The Morgan fingerprint density at radius 3 is 2.58 bits per heavy atom. The topological polar surface area (TPSA) is 73.9 Å². The summed E-state index contributed by atoms with van der Waals surface area (Å²) < 4.78 is 16.0. The van der Waals surface area contributed by atoms with Gasteiger partial charge in [-0.25, -0.2) is 4.79 Å². The van der Waals surface area contributed by atoms with E-state index in [1.165, 1.54) is 0 Å². The van der Waals surface area contributed by atoms with Crippen molar-refractivity contribution in [2.75, 3.05) is 18.5 Å². The number of hydrogen-bond donors (Lipinski definition) is 1. The van der Waals surface area contributed by atoms with E-state index in [1.807, 2.05) is 25.1 Å². The number of hydrogen-bond acceptors (Lipinski definition) is 5. The highest BCUT2D eigenvalue weighted by atomic mass is 16.6. The number of para-hydroxylation sites is 2. The van der Waals surface area contributed by atoms with E-state index in [1.54, 1.807) is 30.3 Å². The lowest BCUT2D eigenvalue weighted by molar-refractivity contribution is -0.156. The molecule has 6 heteroatoms. The van der Waals surface area contributed by atoms with E-state index < -0.39 is 18.0 Å². The average molecular weight is 327 g/mol. The first-order valence-electron chi connectivity index (χ1n) is 7.53. The zero-order valence-electron chi connectivity index (χ0n) is 13.2. The summed E-state index contributed by atoms with van der Waals surface area (Å²) in [6.07, 6.45) is -0.882. The van der Waals surface area contributed by atoms with Gasteiger partial charge in [-0.1, -0.05) is 29.8 Å². The summed E-state index contributed by atoms with van der Waals surface area (Å²) in [5.41, 5.74) is 1.74. The lowest BCUT2D eigenvalue weighted by Gasteiger charge is -2.24. The first kappa shape index (κ1) is 15.9. The maximum Gasteiger partial charge on any atom is 0.351 e. The number of esters is 1. The number of rotatable bonds is 4. The summed E-state index contributed by atoms with van der Waals surface area (Å²) in [5.74, 6) is 0.0151. The molecule has 0 radical (unpaired) electrons. The predicted molar refractivity (Wildman–Crippen MR) is 87.1 cm³/mol. The van der Waals surface area contributed by atoms with E-state index in [0.717, 1.165) is 5.56 Å². The Morgan fingerprint density at radius 2 is 1.83 bits per heavy atom. The molecule has 1 aliphatic heterocycles. The molecule has 0 aliphatic carbocycles. The Balaban J connectivity index is 1.49. The number of carbonyl (C=O) groups excluding carboxylic acids is 2. The van der Waals surface area contributed by atoms with Crippen LogP contribution in [0, 0.1) is 6.92 Å². The molecule has 1 amide bonds. The van der Waals surface area contributed by atoms with Crippen LogP contribution in [0.5, 0.6) is 11.5 Å². The molecule has 0 unspecified atom stereocenters. The normalized spacial score (nSPS) is 15.5. The van der Waals surface area contributed by atoms with Gasteiger partial charge in [-0.2, -0.15) is 0 Å². The van der Waals surface area contributed by atoms with Crippen molar-refractivity contribution >= 4 is 17.6 Å². The highest BCUT2D eigenvalue weighted by Crippen LogP contribution is 2.31. The number of amides is 1. The Bertz CT molecular complexity index is 741. The highest BCUT2D eigenvalue weighted by molar-refractivity contribution is 5.93. The molecule has 2 aromatic carbocycles. The molecule has 2 aromatic rings. The SMILES string of the molecule is Cc1ccc(NC(=O)COC(=O)[C@H]2COc3ccccc3O2)cc1. The lowest BCUT2D eigenvalue weighted by Crippen LogP contribution is -2.39. The Hall–Kier alpha value is -3.02. The minimum Gasteiger partial charge on any atom is -0.485 e. The summed E-state index contributed by atoms with van der Waals surface area (Å²) in [7, 11) is 0. The van der Waals surface area contributed by atoms with Gasteiger partial charge in [0.25, 0.3) is 5.91 Å². The molecule has 0 spiro atoms. The Labute approximate surface area is 139 Å². The van der Waals surface area contributed by atoms with Gasteiger partial charge in [-0.15, -0.1) is 0 Å². The third-order valence-corrected chi connectivity index (χ3v) is 3.45. The van der Waals surface area contributed by atoms with Crippen molar-refractivity contribution in [2.45, 2.75) is 13.0 Å². The van der Waals surface area contributed by atoms with Gasteiger partial charge in [-0.05, 0) is 31.2 Å². The molecule has 124 valence electrons. The molecule has 0 fully saturated rings. The molecular weight excluding hydrogens is 310 g/mol. The number of ether oxygens (including phenoxy) is 3. The second kappa shape index (κ2) is 7.04. The maximum absolute atomic E-state index is 12.0. The predicted octanol–water partition coefficient (Wildman–Crippen LogP) is 2.32. The lowest BCUT2D eigenvalue weighted by atomic mass is 10.2. The minimum absolute atomic E-state index is 0.0510. The molecule has 0 aromatic heterocycles. The van der Waals surface area contributed by atoms with E-state index >= 15 is 0 Å². The number of aryl methyl sites for hydroxylation is 1. The molecule has 24 heavy (non-hydrogen) atoms. The molecule has 1 heterocycles. The van der Waals surface area contributed by atoms with Crippen molar-refractivity contribution in [3.05, 3.63) is 54.1 Å². The molecule has 6 nitrogen and oxygen atoms in total. The van der Waals surface area contributed by atoms with Crippen molar-refractivity contribution < 1.29 is 23.8 Å². The van der Waals surface area contributed by atoms with Gasteiger partial charge in [0.2, 0.25) is 6.10 Å². The van der Waals surface area contributed by atoms with Crippen LogP contribution in [0.2, 0.25) is 0 Å². The third kappa shape index (κ3) is 3.84. The van der Waals surface area contributed by atoms with Crippen molar-refractivity contribution in [3.63, 3.8) is 0 Å². The zero-order chi connectivity index (χ0) is 16.9. The van der Waals surface area contributed by atoms with Gasteiger partial charge in [0.15, 0.2) is 18.1 Å². The summed E-state index contributed by atoms with van der Waals surface area (Å²) in [5, 5.41) is 2.65. The van der Waals surface area contributed by atoms with Crippen molar-refractivity contribution in [2.24, 2.45) is 0 Å². The largest absolute Gasteiger partial charge is 0.485 e. The fraction of sp³-hybridized carbons (Fsp3) is 0.222. The van der Waals surface area contributed by atoms with Crippen molar-refractivity contribution in [3.8, 4) is 11.5 Å². The molecular formula is C18H17NO5. The zero-order valence-corrected chi connectivity index (χ0v) is 13.2. The Morgan fingerprint density at radius 1 is 1.12 bits per heavy atom. The number of carbonyl (C=O) groups is 2. The molecule has 0 saturated carbocycles. The van der Waals surface area contributed by atoms with Gasteiger partial charge in [0.05, 0.1) is 0 Å². The molecule has 1 N–H and O–H groups in total. The average Bonchev–Trinajstić information content (AvgIpc) is 2.61. The van der Waals surface area contributed by atoms with Gasteiger partial charge in [-0.3, -0.25) is 4.79 Å². The maximum atomic E-state index is 12.0. The van der Waals surface area contributed by atoms with E-state index in [4.69, 9.17) is 14.2 Å². The van der Waals surface area contributed by atoms with Crippen molar-refractivity contribution in [1.82, 2.24) is 0 Å². The molecule has 1 atom stereocenters. The van der Waals surface area contributed by atoms with E-state index in [0.29, 0.717) is 17.2 Å². The molecule has 1 aliphatic rings. The second-order valence-electron chi connectivity index (χ2n) is 5.39. The number of fused-ring (bicyclic) bond motifs is 1. The van der Waals surface area contributed by atoms with Gasteiger partial charge in [0.1, 0.15) is 6.61 Å². The monoisotopic (exact) mass is 327 g/mol. The summed E-state index contributed by atoms with van der Waals surface area (Å²) in [4.78, 5) is 23.8. The van der Waals surface area contributed by atoms with Crippen LogP contribution in [-0.4, -0.2) is 31.2 Å². The van der Waals surface area contributed by atoms with Gasteiger partial charge >= 0.3 is 5.97 Å². The van der Waals surface area contributed by atoms with Crippen LogP contribution in [0.15, 0.2) is 48.5 Å². The van der Waals surface area contributed by atoms with E-state index in [9.17, 15) is 9.59 Å². The van der Waals surface area contributed by atoms with Crippen LogP contribution in [-0.2, 0) is 14.3 Å². The first-order chi connectivity index (χ1) is 11.6. The van der Waals surface area contributed by atoms with Crippen LogP contribution in [0.4, 0.5) is 5.69 Å².